The SMILES string of the molecule is COc1cc2ccc1CNC(=O)COc1cccc(c1)-c1ccc(F)c(c1)C(=O)N[C@@H]1CN(C(=O)c3sc(N4CCOCC4)nc3C)CC[C@@H]1O2. The van der Waals surface area contributed by atoms with Crippen LogP contribution in [0.2, 0.25) is 0 Å². The van der Waals surface area contributed by atoms with Crippen molar-refractivity contribution in [1.29, 1.82) is 0 Å². The predicted molar refractivity (Wildman–Crippen MR) is 188 cm³/mol. The molecule has 266 valence electrons. The number of ether oxygens (including phenoxy) is 4. The van der Waals surface area contributed by atoms with Gasteiger partial charge >= 0.3 is 0 Å². The molecule has 4 aliphatic rings. The number of aromatic nitrogens is 1. The van der Waals surface area contributed by atoms with Gasteiger partial charge in [0.1, 0.15) is 34.0 Å². The van der Waals surface area contributed by atoms with Crippen molar-refractivity contribution in [2.75, 3.05) is 58.0 Å². The summed E-state index contributed by atoms with van der Waals surface area (Å²) in [6.07, 6.45) is -0.175. The average Bonchev–Trinajstić information content (AvgIpc) is 3.55. The standard InChI is InChI=1S/C37H38FN5O7S/c1-22-34(51-37(40-22)42-12-14-48-15-13-42)36(46)43-11-10-31-30(20-43)41-35(45)28-17-24(7-9-29(28)38)23-4-3-5-26(16-23)49-21-33(44)39-19-25-6-8-27(50-31)18-32(25)47-2/h3-9,16-18,30-31H,10-15,19-21H2,1-2H3,(H,39,44)(H,41,45)/t30-,31+/m1/s1. The molecule has 0 aliphatic carbocycles. The number of benzene rings is 3. The number of rotatable bonds is 3. The zero-order valence-electron chi connectivity index (χ0n) is 28.3. The number of morpholine rings is 1. The first-order chi connectivity index (χ1) is 24.7. The van der Waals surface area contributed by atoms with Crippen LogP contribution in [0.4, 0.5) is 9.52 Å². The van der Waals surface area contributed by atoms with Gasteiger partial charge in [-0.05, 0) is 54.4 Å². The third-order valence-electron chi connectivity index (χ3n) is 9.18. The van der Waals surface area contributed by atoms with Gasteiger partial charge in [0.05, 0.1) is 37.6 Å². The zero-order chi connectivity index (χ0) is 35.5. The second-order valence-corrected chi connectivity index (χ2v) is 13.5. The number of hydrogen-bond acceptors (Lipinski definition) is 10. The van der Waals surface area contributed by atoms with Crippen molar-refractivity contribution in [2.45, 2.75) is 32.0 Å². The van der Waals surface area contributed by atoms with E-state index in [4.69, 9.17) is 18.9 Å². The first-order valence-electron chi connectivity index (χ1n) is 16.8. The molecule has 2 atom stereocenters. The number of carbonyl (C=O) groups is 3. The maximum absolute atomic E-state index is 15.3. The number of nitrogens with zero attached hydrogens (tertiary/aromatic N) is 3. The van der Waals surface area contributed by atoms with Crippen molar-refractivity contribution >= 4 is 34.2 Å². The number of nitrogens with one attached hydrogen (secondary N) is 2. The van der Waals surface area contributed by atoms with Gasteiger partial charge in [-0.3, -0.25) is 14.4 Å². The van der Waals surface area contributed by atoms with Crippen LogP contribution < -0.4 is 29.7 Å². The normalized spacial score (nSPS) is 19.6. The van der Waals surface area contributed by atoms with Crippen LogP contribution in [0.1, 0.15) is 37.7 Å². The minimum atomic E-state index is -0.697. The van der Waals surface area contributed by atoms with Gasteiger partial charge in [0.25, 0.3) is 17.7 Å². The van der Waals surface area contributed by atoms with Crippen LogP contribution in [0.15, 0.2) is 60.7 Å². The number of hydrogen-bond donors (Lipinski definition) is 2. The highest BCUT2D eigenvalue weighted by molar-refractivity contribution is 7.17. The van der Waals surface area contributed by atoms with Gasteiger partial charge in [0, 0.05) is 50.8 Å². The molecule has 12 nitrogen and oxygen atoms in total. The van der Waals surface area contributed by atoms with E-state index in [0.717, 1.165) is 10.7 Å². The van der Waals surface area contributed by atoms with Gasteiger partial charge in [0.15, 0.2) is 11.7 Å². The van der Waals surface area contributed by atoms with E-state index in [-0.39, 0.29) is 37.1 Å². The first-order valence-corrected chi connectivity index (χ1v) is 17.6. The molecule has 4 aliphatic heterocycles. The molecule has 0 radical (unpaired) electrons. The summed E-state index contributed by atoms with van der Waals surface area (Å²) in [5, 5.41) is 6.63. The summed E-state index contributed by atoms with van der Waals surface area (Å²) >= 11 is 1.35. The summed E-state index contributed by atoms with van der Waals surface area (Å²) in [6, 6.07) is 15.9. The number of aryl methyl sites for hydroxylation is 1. The summed E-state index contributed by atoms with van der Waals surface area (Å²) in [5.74, 6) is -0.435. The third-order valence-corrected chi connectivity index (χ3v) is 10.4. The van der Waals surface area contributed by atoms with Gasteiger partial charge in [-0.15, -0.1) is 0 Å². The second-order valence-electron chi connectivity index (χ2n) is 12.5. The number of fused-ring (bicyclic) bond motifs is 7. The molecule has 1 aromatic heterocycles. The Morgan fingerprint density at radius 2 is 1.84 bits per heavy atom. The number of piperidine rings is 1. The molecule has 8 rings (SSSR count). The van der Waals surface area contributed by atoms with Crippen LogP contribution >= 0.6 is 11.3 Å². The van der Waals surface area contributed by atoms with Gasteiger partial charge in [0.2, 0.25) is 0 Å². The van der Waals surface area contributed by atoms with E-state index in [9.17, 15) is 14.4 Å². The van der Waals surface area contributed by atoms with Crippen LogP contribution in [-0.2, 0) is 16.1 Å². The lowest BCUT2D eigenvalue weighted by molar-refractivity contribution is -0.123. The molecule has 2 fully saturated rings. The molecule has 3 amide bonds. The van der Waals surface area contributed by atoms with Crippen molar-refractivity contribution in [1.82, 2.24) is 20.5 Å². The Bertz CT molecular complexity index is 1950. The Morgan fingerprint density at radius 1 is 1.02 bits per heavy atom. The molecule has 5 heterocycles. The molecule has 14 heteroatoms. The summed E-state index contributed by atoms with van der Waals surface area (Å²) in [5.41, 5.74) is 2.47. The van der Waals surface area contributed by atoms with E-state index in [1.165, 1.54) is 30.6 Å². The average molecular weight is 716 g/mol. The lowest BCUT2D eigenvalue weighted by atomic mass is 9.99. The summed E-state index contributed by atoms with van der Waals surface area (Å²) in [7, 11) is 1.53. The molecule has 2 N–H and O–H groups in total. The quantitative estimate of drug-likeness (QED) is 0.321. The molecule has 0 unspecified atom stereocenters. The van der Waals surface area contributed by atoms with Crippen LogP contribution in [0.5, 0.6) is 17.2 Å². The number of amides is 3. The van der Waals surface area contributed by atoms with E-state index in [0.29, 0.717) is 78.2 Å². The largest absolute Gasteiger partial charge is 0.496 e. The van der Waals surface area contributed by atoms with Gasteiger partial charge < -0.3 is 39.4 Å². The van der Waals surface area contributed by atoms with E-state index in [2.05, 4.69) is 20.5 Å². The topological polar surface area (TPSA) is 132 Å². The Hall–Kier alpha value is -5.21. The predicted octanol–water partition coefficient (Wildman–Crippen LogP) is 4.20. The van der Waals surface area contributed by atoms with Crippen LogP contribution in [-0.4, -0.2) is 92.9 Å². The number of anilines is 1. The van der Waals surface area contributed by atoms with Crippen molar-refractivity contribution in [2.24, 2.45) is 0 Å². The number of thiazole rings is 1. The monoisotopic (exact) mass is 715 g/mol. The molecule has 51 heavy (non-hydrogen) atoms. The van der Waals surface area contributed by atoms with Crippen LogP contribution in [0.25, 0.3) is 11.1 Å². The Labute approximate surface area is 298 Å². The minimum absolute atomic E-state index is 0.126. The third kappa shape index (κ3) is 7.61. The van der Waals surface area contributed by atoms with E-state index in [1.54, 1.807) is 47.4 Å². The van der Waals surface area contributed by atoms with Gasteiger partial charge in [-0.1, -0.05) is 29.5 Å². The Kier molecular flexibility index (Phi) is 10.0. The molecule has 3 aromatic carbocycles. The van der Waals surface area contributed by atoms with Crippen molar-refractivity contribution < 1.29 is 37.7 Å². The molecular weight excluding hydrogens is 678 g/mol. The maximum atomic E-state index is 15.3. The number of carbonyl (C=O) groups excluding carboxylic acids is 3. The Balaban J connectivity index is 1.20. The molecule has 0 spiro atoms. The summed E-state index contributed by atoms with van der Waals surface area (Å²) < 4.78 is 38.6. The minimum Gasteiger partial charge on any atom is -0.496 e. The summed E-state index contributed by atoms with van der Waals surface area (Å²) in [6.45, 7) is 4.91. The van der Waals surface area contributed by atoms with Gasteiger partial charge in [-0.25, -0.2) is 9.37 Å². The molecule has 0 saturated carbocycles. The number of methoxy groups -OCH3 is 1. The second kappa shape index (κ2) is 15.0. The first kappa shape index (κ1) is 34.2. The van der Waals surface area contributed by atoms with Crippen LogP contribution in [0.3, 0.4) is 0 Å². The Morgan fingerprint density at radius 3 is 2.67 bits per heavy atom. The highest BCUT2D eigenvalue weighted by Crippen LogP contribution is 2.32. The van der Waals surface area contributed by atoms with E-state index < -0.39 is 23.9 Å². The maximum Gasteiger partial charge on any atom is 0.266 e. The fraction of sp³-hybridized carbons (Fsp3) is 0.351. The van der Waals surface area contributed by atoms with Crippen molar-refractivity contribution in [3.8, 4) is 28.4 Å². The molecular formula is C37H38FN5O7S. The lowest BCUT2D eigenvalue weighted by Gasteiger charge is -2.38. The number of likely N-dealkylation sites (tertiary alicyclic amines) is 1. The smallest absolute Gasteiger partial charge is 0.266 e. The van der Waals surface area contributed by atoms with Crippen LogP contribution in [0, 0.1) is 12.7 Å². The van der Waals surface area contributed by atoms with Gasteiger partial charge in [-0.2, -0.15) is 0 Å². The molecule has 6 bridgehead atoms. The fourth-order valence-corrected chi connectivity index (χ4v) is 7.50. The van der Waals surface area contributed by atoms with E-state index in [1.807, 2.05) is 13.0 Å². The highest BCUT2D eigenvalue weighted by Gasteiger charge is 2.36. The zero-order valence-corrected chi connectivity index (χ0v) is 29.1. The summed E-state index contributed by atoms with van der Waals surface area (Å²) in [4.78, 5) is 49.6. The molecule has 4 aromatic rings. The molecule has 2 saturated heterocycles. The van der Waals surface area contributed by atoms with Crippen molar-refractivity contribution in [3.63, 3.8) is 0 Å². The number of halogens is 1. The van der Waals surface area contributed by atoms with Crippen molar-refractivity contribution in [3.05, 3.63) is 88.2 Å². The fourth-order valence-electron chi connectivity index (χ4n) is 6.41. The highest BCUT2D eigenvalue weighted by atomic mass is 32.1. The van der Waals surface area contributed by atoms with E-state index >= 15 is 4.39 Å². The lowest BCUT2D eigenvalue weighted by Crippen LogP contribution is -2.58.